The Bertz CT molecular complexity index is 797. The first kappa shape index (κ1) is 29.4. The van der Waals surface area contributed by atoms with Gasteiger partial charge in [-0.1, -0.05) is 44.2 Å². The van der Waals surface area contributed by atoms with Crippen LogP contribution in [0.5, 0.6) is 0 Å². The minimum Gasteiger partial charge on any atom is -0.468 e. The molecule has 0 saturated carbocycles. The van der Waals surface area contributed by atoms with E-state index in [1.807, 2.05) is 65.0 Å². The molecule has 0 fully saturated rings. The van der Waals surface area contributed by atoms with Crippen LogP contribution in [-0.2, 0) is 25.5 Å². The van der Waals surface area contributed by atoms with E-state index in [2.05, 4.69) is 16.0 Å². The molecule has 1 aromatic rings. The van der Waals surface area contributed by atoms with Crippen LogP contribution in [0, 0.1) is 5.92 Å². The third-order valence-electron chi connectivity index (χ3n) is 4.76. The van der Waals surface area contributed by atoms with E-state index >= 15 is 0 Å². The van der Waals surface area contributed by atoms with E-state index in [4.69, 9.17) is 9.47 Å². The highest BCUT2D eigenvalue weighted by Gasteiger charge is 2.36. The van der Waals surface area contributed by atoms with Gasteiger partial charge in [0.2, 0.25) is 5.91 Å². The van der Waals surface area contributed by atoms with Crippen molar-refractivity contribution in [2.75, 3.05) is 7.11 Å². The number of rotatable bonds is 10. The second-order valence-electron chi connectivity index (χ2n) is 11.0. The minimum atomic E-state index is -0.901. The third-order valence-corrected chi connectivity index (χ3v) is 4.76. The highest BCUT2D eigenvalue weighted by atomic mass is 16.6. The SMILES string of the molecule is COC(=O)[C@H](Cc1ccccc1)NC(C(=O)NC(C)(C)C)[C@H](CC(C)C)NC(=O)OC(C)(C)C. The first-order chi connectivity index (χ1) is 15.6. The molecule has 8 heteroatoms. The fraction of sp³-hybridized carbons (Fsp3) is 0.654. The molecule has 0 aromatic heterocycles. The second-order valence-corrected chi connectivity index (χ2v) is 11.0. The van der Waals surface area contributed by atoms with E-state index in [9.17, 15) is 14.4 Å². The van der Waals surface area contributed by atoms with Gasteiger partial charge < -0.3 is 20.1 Å². The lowest BCUT2D eigenvalue weighted by atomic mass is 9.94. The van der Waals surface area contributed by atoms with Gasteiger partial charge in [0.25, 0.3) is 0 Å². The first-order valence-electron chi connectivity index (χ1n) is 11.8. The number of hydrogen-bond acceptors (Lipinski definition) is 6. The zero-order chi connectivity index (χ0) is 26.1. The van der Waals surface area contributed by atoms with E-state index in [1.165, 1.54) is 7.11 Å². The molecule has 192 valence electrons. The van der Waals surface area contributed by atoms with Crippen LogP contribution in [0.4, 0.5) is 4.79 Å². The molecular formula is C26H43N3O5. The van der Waals surface area contributed by atoms with Crippen LogP contribution in [0.2, 0.25) is 0 Å². The molecule has 34 heavy (non-hydrogen) atoms. The van der Waals surface area contributed by atoms with Crippen molar-refractivity contribution in [3.63, 3.8) is 0 Å². The van der Waals surface area contributed by atoms with E-state index in [-0.39, 0.29) is 11.8 Å². The summed E-state index contributed by atoms with van der Waals surface area (Å²) in [6.07, 6.45) is 0.202. The summed E-state index contributed by atoms with van der Waals surface area (Å²) in [6.45, 7) is 15.0. The number of benzene rings is 1. The molecule has 3 atom stereocenters. The lowest BCUT2D eigenvalue weighted by molar-refractivity contribution is -0.143. The highest BCUT2D eigenvalue weighted by molar-refractivity contribution is 5.85. The van der Waals surface area contributed by atoms with Crippen LogP contribution < -0.4 is 16.0 Å². The summed E-state index contributed by atoms with van der Waals surface area (Å²) in [6, 6.07) is 7.17. The quantitative estimate of drug-likeness (QED) is 0.445. The maximum Gasteiger partial charge on any atom is 0.407 e. The van der Waals surface area contributed by atoms with Gasteiger partial charge in [-0.15, -0.1) is 0 Å². The highest BCUT2D eigenvalue weighted by Crippen LogP contribution is 2.15. The smallest absolute Gasteiger partial charge is 0.407 e. The Kier molecular flexibility index (Phi) is 11.0. The summed E-state index contributed by atoms with van der Waals surface area (Å²) in [5.74, 6) is -0.647. The van der Waals surface area contributed by atoms with Crippen molar-refractivity contribution in [1.29, 1.82) is 0 Å². The number of esters is 1. The number of methoxy groups -OCH3 is 1. The van der Waals surface area contributed by atoms with Gasteiger partial charge in [-0.2, -0.15) is 0 Å². The second kappa shape index (κ2) is 12.7. The fourth-order valence-electron chi connectivity index (χ4n) is 3.49. The summed E-state index contributed by atoms with van der Waals surface area (Å²) in [5.41, 5.74) is -0.281. The Morgan fingerprint density at radius 2 is 1.56 bits per heavy atom. The molecule has 1 aromatic carbocycles. The number of hydrogen-bond donors (Lipinski definition) is 3. The summed E-state index contributed by atoms with van der Waals surface area (Å²) in [5, 5.41) is 9.03. The third kappa shape index (κ3) is 11.5. The first-order valence-corrected chi connectivity index (χ1v) is 11.8. The molecule has 0 saturated heterocycles. The van der Waals surface area contributed by atoms with Crippen LogP contribution >= 0.6 is 0 Å². The molecule has 0 spiro atoms. The number of amides is 2. The molecule has 2 amide bonds. The van der Waals surface area contributed by atoms with Gasteiger partial charge in [-0.25, -0.2) is 4.79 Å². The zero-order valence-electron chi connectivity index (χ0n) is 22.2. The van der Waals surface area contributed by atoms with Crippen molar-refractivity contribution in [2.24, 2.45) is 5.92 Å². The maximum atomic E-state index is 13.4. The molecule has 3 N–H and O–H groups in total. The summed E-state index contributed by atoms with van der Waals surface area (Å²) in [7, 11) is 1.32. The van der Waals surface area contributed by atoms with Gasteiger partial charge in [0.05, 0.1) is 13.2 Å². The average Bonchev–Trinajstić information content (AvgIpc) is 2.67. The Morgan fingerprint density at radius 3 is 2.03 bits per heavy atom. The Balaban J connectivity index is 3.32. The van der Waals surface area contributed by atoms with E-state index < -0.39 is 41.3 Å². The van der Waals surface area contributed by atoms with Crippen LogP contribution in [0.25, 0.3) is 0 Å². The molecule has 0 heterocycles. The topological polar surface area (TPSA) is 106 Å². The van der Waals surface area contributed by atoms with E-state index in [1.54, 1.807) is 20.8 Å². The maximum absolute atomic E-state index is 13.4. The lowest BCUT2D eigenvalue weighted by Crippen LogP contribution is -2.63. The molecular weight excluding hydrogens is 434 g/mol. The predicted molar refractivity (Wildman–Crippen MR) is 133 cm³/mol. The molecule has 0 radical (unpaired) electrons. The van der Waals surface area contributed by atoms with Crippen LogP contribution in [0.1, 0.15) is 67.4 Å². The molecule has 1 rings (SSSR count). The normalized spacial score (nSPS) is 14.6. The van der Waals surface area contributed by atoms with Gasteiger partial charge in [0.15, 0.2) is 0 Å². The van der Waals surface area contributed by atoms with E-state index in [0.29, 0.717) is 12.8 Å². The van der Waals surface area contributed by atoms with Gasteiger partial charge in [0.1, 0.15) is 17.7 Å². The van der Waals surface area contributed by atoms with Gasteiger partial charge >= 0.3 is 12.1 Å². The molecule has 0 aliphatic rings. The van der Waals surface area contributed by atoms with Crippen LogP contribution in [0.15, 0.2) is 30.3 Å². The Hall–Kier alpha value is -2.61. The summed E-state index contributed by atoms with van der Waals surface area (Å²) < 4.78 is 10.5. The standard InChI is InChI=1S/C26H43N3O5/c1-17(2)15-19(28-24(32)34-26(6,7)8)21(22(30)29-25(3,4)5)27-20(23(31)33-9)16-18-13-11-10-12-14-18/h10-14,17,19-21,27H,15-16H2,1-9H3,(H,28,32)(H,29,30)/t19-,20-,21?/m0/s1. The number of nitrogens with one attached hydrogen (secondary N) is 3. The molecule has 1 unspecified atom stereocenters. The van der Waals surface area contributed by atoms with Crippen molar-refractivity contribution in [3.05, 3.63) is 35.9 Å². The average molecular weight is 478 g/mol. The summed E-state index contributed by atoms with van der Waals surface area (Å²) >= 11 is 0. The zero-order valence-corrected chi connectivity index (χ0v) is 22.2. The lowest BCUT2D eigenvalue weighted by Gasteiger charge is -2.34. The number of carbonyl (C=O) groups is 3. The predicted octanol–water partition coefficient (Wildman–Crippen LogP) is 3.58. The summed E-state index contributed by atoms with van der Waals surface area (Å²) in [4.78, 5) is 38.8. The van der Waals surface area contributed by atoms with E-state index in [0.717, 1.165) is 5.56 Å². The van der Waals surface area contributed by atoms with Crippen molar-refractivity contribution in [3.8, 4) is 0 Å². The number of carbonyl (C=O) groups excluding carboxylic acids is 3. The Morgan fingerprint density at radius 1 is 0.971 bits per heavy atom. The molecule has 0 aliphatic carbocycles. The van der Waals surface area contributed by atoms with Gasteiger partial charge in [0, 0.05) is 5.54 Å². The van der Waals surface area contributed by atoms with Crippen molar-refractivity contribution in [1.82, 2.24) is 16.0 Å². The number of alkyl carbamates (subject to hydrolysis) is 1. The van der Waals surface area contributed by atoms with Gasteiger partial charge in [-0.3, -0.25) is 14.9 Å². The van der Waals surface area contributed by atoms with Crippen LogP contribution in [-0.4, -0.2) is 54.3 Å². The minimum absolute atomic E-state index is 0.164. The Labute approximate surface area is 204 Å². The van der Waals surface area contributed by atoms with Crippen molar-refractivity contribution >= 4 is 18.0 Å². The largest absolute Gasteiger partial charge is 0.468 e. The molecule has 8 nitrogen and oxygen atoms in total. The van der Waals surface area contributed by atoms with Gasteiger partial charge in [-0.05, 0) is 65.9 Å². The van der Waals surface area contributed by atoms with Crippen molar-refractivity contribution < 1.29 is 23.9 Å². The van der Waals surface area contributed by atoms with Crippen LogP contribution in [0.3, 0.4) is 0 Å². The number of ether oxygens (including phenoxy) is 2. The monoisotopic (exact) mass is 477 g/mol. The fourth-order valence-corrected chi connectivity index (χ4v) is 3.49. The molecule has 0 aliphatic heterocycles. The molecule has 0 bridgehead atoms. The van der Waals surface area contributed by atoms with Crippen molar-refractivity contribution in [2.45, 2.75) is 97.5 Å².